The monoisotopic (exact) mass is 218 g/mol. The van der Waals surface area contributed by atoms with Crippen LogP contribution < -0.4 is 0 Å². The molecule has 0 aliphatic heterocycles. The molecule has 0 aliphatic rings. The third-order valence-corrected chi connectivity index (χ3v) is 3.12. The van der Waals surface area contributed by atoms with Crippen molar-refractivity contribution >= 4 is 0 Å². The number of rotatable bonds is 3. The van der Waals surface area contributed by atoms with Gasteiger partial charge in [-0.25, -0.2) is 0 Å². The molecule has 0 atom stereocenters. The molecule has 2 rings (SSSR count). The summed E-state index contributed by atoms with van der Waals surface area (Å²) in [6.45, 7) is 8.66. The van der Waals surface area contributed by atoms with Crippen molar-refractivity contribution in [2.45, 2.75) is 39.0 Å². The van der Waals surface area contributed by atoms with Crippen LogP contribution in [-0.2, 0) is 5.41 Å². The van der Waals surface area contributed by atoms with Crippen LogP contribution in [0.3, 0.4) is 0 Å². The van der Waals surface area contributed by atoms with Crippen LogP contribution in [0.2, 0.25) is 0 Å². The summed E-state index contributed by atoms with van der Waals surface area (Å²) in [6.07, 6.45) is 5.38. The maximum Gasteiger partial charge on any atom is 0.113 e. The third-order valence-electron chi connectivity index (χ3n) is 3.12. The standard InChI is InChI=1S/C14H18O2/c1-10(2)11-8-15-9-12(11)14(3,4)13-6-5-7-16-13/h5-10H,1-4H3. The van der Waals surface area contributed by atoms with E-state index in [0.29, 0.717) is 5.92 Å². The van der Waals surface area contributed by atoms with Crippen molar-refractivity contribution in [3.8, 4) is 0 Å². The van der Waals surface area contributed by atoms with E-state index in [1.165, 1.54) is 11.1 Å². The van der Waals surface area contributed by atoms with Crippen molar-refractivity contribution in [1.82, 2.24) is 0 Å². The van der Waals surface area contributed by atoms with Crippen molar-refractivity contribution in [3.05, 3.63) is 47.8 Å². The Morgan fingerprint density at radius 2 is 1.94 bits per heavy atom. The van der Waals surface area contributed by atoms with Gasteiger partial charge in [0.1, 0.15) is 5.76 Å². The first-order chi connectivity index (χ1) is 7.53. The van der Waals surface area contributed by atoms with Gasteiger partial charge in [-0.05, 0) is 37.5 Å². The van der Waals surface area contributed by atoms with Crippen LogP contribution in [0.15, 0.2) is 39.8 Å². The zero-order chi connectivity index (χ0) is 11.8. The van der Waals surface area contributed by atoms with Gasteiger partial charge in [-0.1, -0.05) is 13.8 Å². The molecule has 0 saturated carbocycles. The summed E-state index contributed by atoms with van der Waals surface area (Å²) in [6, 6.07) is 3.93. The molecule has 2 nitrogen and oxygen atoms in total. The van der Waals surface area contributed by atoms with Crippen molar-refractivity contribution in [1.29, 1.82) is 0 Å². The summed E-state index contributed by atoms with van der Waals surface area (Å²) in [4.78, 5) is 0. The molecule has 16 heavy (non-hydrogen) atoms. The first-order valence-electron chi connectivity index (χ1n) is 5.64. The van der Waals surface area contributed by atoms with Gasteiger partial charge in [0, 0.05) is 5.56 Å². The molecule has 0 spiro atoms. The van der Waals surface area contributed by atoms with Gasteiger partial charge in [0.05, 0.1) is 24.2 Å². The molecule has 0 saturated heterocycles. The van der Waals surface area contributed by atoms with Crippen molar-refractivity contribution in [3.63, 3.8) is 0 Å². The zero-order valence-electron chi connectivity index (χ0n) is 10.3. The maximum atomic E-state index is 5.52. The van der Waals surface area contributed by atoms with Crippen LogP contribution in [0.25, 0.3) is 0 Å². The van der Waals surface area contributed by atoms with E-state index < -0.39 is 0 Å². The van der Waals surface area contributed by atoms with Crippen LogP contribution in [0, 0.1) is 0 Å². The number of hydrogen-bond donors (Lipinski definition) is 0. The summed E-state index contributed by atoms with van der Waals surface area (Å²) in [5.74, 6) is 1.43. The van der Waals surface area contributed by atoms with E-state index in [1.54, 1.807) is 6.26 Å². The molecule has 0 aromatic carbocycles. The van der Waals surface area contributed by atoms with Crippen molar-refractivity contribution in [2.24, 2.45) is 0 Å². The van der Waals surface area contributed by atoms with E-state index in [-0.39, 0.29) is 5.41 Å². The lowest BCUT2D eigenvalue weighted by Crippen LogP contribution is -2.19. The van der Waals surface area contributed by atoms with Gasteiger partial charge in [0.15, 0.2) is 0 Å². The van der Waals surface area contributed by atoms with Crippen LogP contribution in [0.1, 0.15) is 50.5 Å². The Bertz CT molecular complexity index is 447. The summed E-state index contributed by atoms with van der Waals surface area (Å²) in [5, 5.41) is 0. The maximum absolute atomic E-state index is 5.52. The normalized spacial score (nSPS) is 12.3. The SMILES string of the molecule is CC(C)c1cocc1C(C)(C)c1ccco1. The van der Waals surface area contributed by atoms with Crippen LogP contribution in [0.5, 0.6) is 0 Å². The van der Waals surface area contributed by atoms with Crippen molar-refractivity contribution < 1.29 is 8.83 Å². The van der Waals surface area contributed by atoms with Gasteiger partial charge < -0.3 is 8.83 Å². The topological polar surface area (TPSA) is 26.3 Å². The summed E-state index contributed by atoms with van der Waals surface area (Å²) in [5.41, 5.74) is 2.31. The average Bonchev–Trinajstić information content (AvgIpc) is 2.89. The largest absolute Gasteiger partial charge is 0.472 e. The highest BCUT2D eigenvalue weighted by molar-refractivity contribution is 5.37. The molecule has 2 heterocycles. The molecule has 2 heteroatoms. The first kappa shape index (κ1) is 11.1. The summed E-state index contributed by atoms with van der Waals surface area (Å²) >= 11 is 0. The Morgan fingerprint density at radius 3 is 2.50 bits per heavy atom. The lowest BCUT2D eigenvalue weighted by molar-refractivity contribution is 0.424. The Kier molecular flexibility index (Phi) is 2.66. The quantitative estimate of drug-likeness (QED) is 0.766. The van der Waals surface area contributed by atoms with Crippen LogP contribution in [-0.4, -0.2) is 0 Å². The lowest BCUT2D eigenvalue weighted by atomic mass is 9.80. The summed E-state index contributed by atoms with van der Waals surface area (Å²) in [7, 11) is 0. The predicted octanol–water partition coefficient (Wildman–Crippen LogP) is 4.32. The Labute approximate surface area is 96.3 Å². The zero-order valence-corrected chi connectivity index (χ0v) is 10.3. The molecular weight excluding hydrogens is 200 g/mol. The Hall–Kier alpha value is -1.44. The van der Waals surface area contributed by atoms with Gasteiger partial charge in [-0.15, -0.1) is 0 Å². The average molecular weight is 218 g/mol. The van der Waals surface area contributed by atoms with Gasteiger partial charge in [-0.3, -0.25) is 0 Å². The minimum absolute atomic E-state index is 0.143. The molecule has 2 aromatic rings. The van der Waals surface area contributed by atoms with E-state index in [2.05, 4.69) is 27.7 Å². The van der Waals surface area contributed by atoms with Gasteiger partial charge in [0.2, 0.25) is 0 Å². The van der Waals surface area contributed by atoms with E-state index >= 15 is 0 Å². The first-order valence-corrected chi connectivity index (χ1v) is 5.64. The van der Waals surface area contributed by atoms with Gasteiger partial charge in [-0.2, -0.15) is 0 Å². The highest BCUT2D eigenvalue weighted by Gasteiger charge is 2.30. The molecule has 0 radical (unpaired) electrons. The van der Waals surface area contributed by atoms with Crippen molar-refractivity contribution in [2.75, 3.05) is 0 Å². The molecule has 86 valence electrons. The fourth-order valence-electron chi connectivity index (χ4n) is 2.03. The van der Waals surface area contributed by atoms with Gasteiger partial charge >= 0.3 is 0 Å². The fraction of sp³-hybridized carbons (Fsp3) is 0.429. The highest BCUT2D eigenvalue weighted by Crippen LogP contribution is 2.37. The van der Waals surface area contributed by atoms with Gasteiger partial charge in [0.25, 0.3) is 0 Å². The molecular formula is C14H18O2. The highest BCUT2D eigenvalue weighted by atomic mass is 16.3. The number of furan rings is 2. The third kappa shape index (κ3) is 1.69. The number of hydrogen-bond acceptors (Lipinski definition) is 2. The molecule has 0 amide bonds. The minimum atomic E-state index is -0.143. The van der Waals surface area contributed by atoms with E-state index in [9.17, 15) is 0 Å². The molecule has 0 unspecified atom stereocenters. The van der Waals surface area contributed by atoms with E-state index in [1.807, 2.05) is 24.7 Å². The van der Waals surface area contributed by atoms with Crippen LogP contribution >= 0.6 is 0 Å². The van der Waals surface area contributed by atoms with Crippen LogP contribution in [0.4, 0.5) is 0 Å². The second-order valence-electron chi connectivity index (χ2n) is 5.00. The lowest BCUT2D eigenvalue weighted by Gasteiger charge is -2.23. The molecule has 2 aromatic heterocycles. The smallest absolute Gasteiger partial charge is 0.113 e. The summed E-state index contributed by atoms with van der Waals surface area (Å²) < 4.78 is 10.9. The molecule has 0 bridgehead atoms. The van der Waals surface area contributed by atoms with E-state index in [4.69, 9.17) is 8.83 Å². The second-order valence-corrected chi connectivity index (χ2v) is 5.00. The molecule has 0 aliphatic carbocycles. The fourth-order valence-corrected chi connectivity index (χ4v) is 2.03. The Balaban J connectivity index is 2.47. The van der Waals surface area contributed by atoms with E-state index in [0.717, 1.165) is 5.76 Å². The second kappa shape index (κ2) is 3.85. The molecule has 0 fully saturated rings. The predicted molar refractivity (Wildman–Crippen MR) is 63.6 cm³/mol. The molecule has 0 N–H and O–H groups in total. The Morgan fingerprint density at radius 1 is 1.19 bits per heavy atom. The minimum Gasteiger partial charge on any atom is -0.472 e.